The first-order chi connectivity index (χ1) is 9.67. The number of hydrogen-bond donors (Lipinski definition) is 2. The Labute approximate surface area is 117 Å². The van der Waals surface area contributed by atoms with Crippen LogP contribution in [-0.2, 0) is 4.74 Å². The van der Waals surface area contributed by atoms with Crippen molar-refractivity contribution in [3.05, 3.63) is 35.4 Å². The summed E-state index contributed by atoms with van der Waals surface area (Å²) in [5.41, 5.74) is 6.61. The molecule has 1 aliphatic carbocycles. The third-order valence-corrected chi connectivity index (χ3v) is 3.30. The van der Waals surface area contributed by atoms with E-state index in [1.165, 1.54) is 0 Å². The molecular formula is C14H19N3O3. The molecule has 0 heterocycles. The molecule has 1 aliphatic rings. The van der Waals surface area contributed by atoms with Crippen LogP contribution in [0.1, 0.15) is 28.8 Å². The zero-order valence-corrected chi connectivity index (χ0v) is 11.5. The standard InChI is InChI=1S/C14H19N3O3/c1-20-8-7-17(12-5-6-12)14(18)11-4-2-3-10(9-11)13(15)16-19/h2-4,9,12,19H,5-8H2,1H3,(H2,15,16). The molecule has 0 spiro atoms. The van der Waals surface area contributed by atoms with Crippen LogP contribution in [0.15, 0.2) is 29.4 Å². The minimum atomic E-state index is -0.0443. The van der Waals surface area contributed by atoms with Crippen molar-refractivity contribution in [2.24, 2.45) is 10.9 Å². The van der Waals surface area contributed by atoms with Crippen molar-refractivity contribution in [3.8, 4) is 0 Å². The summed E-state index contributed by atoms with van der Waals surface area (Å²) in [7, 11) is 1.62. The first-order valence-electron chi connectivity index (χ1n) is 6.55. The van der Waals surface area contributed by atoms with Gasteiger partial charge in [-0.3, -0.25) is 4.79 Å². The second kappa shape index (κ2) is 6.38. The Kier molecular flexibility index (Phi) is 4.57. The van der Waals surface area contributed by atoms with Crippen LogP contribution in [0.3, 0.4) is 0 Å². The molecule has 6 heteroatoms. The van der Waals surface area contributed by atoms with Gasteiger partial charge >= 0.3 is 0 Å². The number of hydrogen-bond acceptors (Lipinski definition) is 4. The number of benzene rings is 1. The summed E-state index contributed by atoms with van der Waals surface area (Å²) in [5.74, 6) is -0.0494. The van der Waals surface area contributed by atoms with E-state index >= 15 is 0 Å². The molecule has 0 bridgehead atoms. The van der Waals surface area contributed by atoms with E-state index in [2.05, 4.69) is 5.16 Å². The Morgan fingerprint density at radius 1 is 1.50 bits per heavy atom. The highest BCUT2D eigenvalue weighted by Gasteiger charge is 2.32. The maximum absolute atomic E-state index is 12.5. The second-order valence-electron chi connectivity index (χ2n) is 4.79. The van der Waals surface area contributed by atoms with E-state index in [1.54, 1.807) is 31.4 Å². The molecule has 1 amide bonds. The minimum Gasteiger partial charge on any atom is -0.409 e. The third kappa shape index (κ3) is 3.27. The maximum Gasteiger partial charge on any atom is 0.254 e. The molecule has 0 aliphatic heterocycles. The molecule has 1 aromatic carbocycles. The van der Waals surface area contributed by atoms with Crippen molar-refractivity contribution in [1.82, 2.24) is 4.90 Å². The lowest BCUT2D eigenvalue weighted by atomic mass is 10.1. The van der Waals surface area contributed by atoms with E-state index in [-0.39, 0.29) is 11.7 Å². The molecule has 0 atom stereocenters. The van der Waals surface area contributed by atoms with Crippen molar-refractivity contribution < 1.29 is 14.7 Å². The zero-order valence-electron chi connectivity index (χ0n) is 11.5. The largest absolute Gasteiger partial charge is 0.409 e. The average molecular weight is 277 g/mol. The van der Waals surface area contributed by atoms with E-state index in [0.717, 1.165) is 12.8 Å². The summed E-state index contributed by atoms with van der Waals surface area (Å²) in [6.45, 7) is 1.09. The van der Waals surface area contributed by atoms with Crippen LogP contribution in [-0.4, -0.2) is 48.2 Å². The Morgan fingerprint density at radius 2 is 2.20 bits per heavy atom. The average Bonchev–Trinajstić information content (AvgIpc) is 3.31. The van der Waals surface area contributed by atoms with Gasteiger partial charge in [0.1, 0.15) is 0 Å². The summed E-state index contributed by atoms with van der Waals surface area (Å²) in [6, 6.07) is 7.10. The first kappa shape index (κ1) is 14.3. The lowest BCUT2D eigenvalue weighted by Crippen LogP contribution is -2.36. The Balaban J connectivity index is 2.18. The summed E-state index contributed by atoms with van der Waals surface area (Å²) in [4.78, 5) is 14.4. The van der Waals surface area contributed by atoms with Gasteiger partial charge in [-0.2, -0.15) is 0 Å². The van der Waals surface area contributed by atoms with Gasteiger partial charge in [0.15, 0.2) is 5.84 Å². The molecule has 0 unspecified atom stereocenters. The number of rotatable bonds is 6. The van der Waals surface area contributed by atoms with Crippen LogP contribution in [0.5, 0.6) is 0 Å². The molecule has 1 fully saturated rings. The van der Waals surface area contributed by atoms with Gasteiger partial charge in [0, 0.05) is 30.8 Å². The fourth-order valence-electron chi connectivity index (χ4n) is 2.06. The van der Waals surface area contributed by atoms with E-state index in [9.17, 15) is 4.79 Å². The van der Waals surface area contributed by atoms with Crippen LogP contribution < -0.4 is 5.73 Å². The maximum atomic E-state index is 12.5. The smallest absolute Gasteiger partial charge is 0.254 e. The normalized spacial score (nSPS) is 15.2. The third-order valence-electron chi connectivity index (χ3n) is 3.30. The van der Waals surface area contributed by atoms with Crippen LogP contribution in [0, 0.1) is 0 Å². The highest BCUT2D eigenvalue weighted by atomic mass is 16.5. The van der Waals surface area contributed by atoms with E-state index < -0.39 is 0 Å². The van der Waals surface area contributed by atoms with Crippen molar-refractivity contribution in [1.29, 1.82) is 0 Å². The molecule has 6 nitrogen and oxygen atoms in total. The summed E-state index contributed by atoms with van der Waals surface area (Å²) in [5, 5.41) is 11.6. The topological polar surface area (TPSA) is 88.2 Å². The van der Waals surface area contributed by atoms with Gasteiger partial charge in [0.2, 0.25) is 0 Å². The molecule has 3 N–H and O–H groups in total. The monoisotopic (exact) mass is 277 g/mol. The molecule has 0 radical (unpaired) electrons. The van der Waals surface area contributed by atoms with Crippen molar-refractivity contribution in [3.63, 3.8) is 0 Å². The van der Waals surface area contributed by atoms with Gasteiger partial charge in [0.05, 0.1) is 6.61 Å². The molecule has 1 aromatic rings. The second-order valence-corrected chi connectivity index (χ2v) is 4.79. The van der Waals surface area contributed by atoms with Gasteiger partial charge in [-0.25, -0.2) is 0 Å². The number of amides is 1. The lowest BCUT2D eigenvalue weighted by Gasteiger charge is -2.22. The summed E-state index contributed by atoms with van der Waals surface area (Å²) >= 11 is 0. The van der Waals surface area contributed by atoms with Gasteiger partial charge < -0.3 is 20.6 Å². The van der Waals surface area contributed by atoms with Crippen molar-refractivity contribution in [2.45, 2.75) is 18.9 Å². The predicted octanol–water partition coefficient (Wildman–Crippen LogP) is 1.03. The van der Waals surface area contributed by atoms with Crippen LogP contribution in [0.2, 0.25) is 0 Å². The van der Waals surface area contributed by atoms with E-state index in [0.29, 0.717) is 30.3 Å². The summed E-state index contributed by atoms with van der Waals surface area (Å²) < 4.78 is 5.05. The van der Waals surface area contributed by atoms with Crippen LogP contribution >= 0.6 is 0 Å². The van der Waals surface area contributed by atoms with E-state index in [1.807, 2.05) is 4.90 Å². The molecular weight excluding hydrogens is 258 g/mol. The van der Waals surface area contributed by atoms with Crippen LogP contribution in [0.25, 0.3) is 0 Å². The molecule has 0 aromatic heterocycles. The molecule has 0 saturated heterocycles. The number of carbonyl (C=O) groups is 1. The fourth-order valence-corrected chi connectivity index (χ4v) is 2.06. The summed E-state index contributed by atoms with van der Waals surface area (Å²) in [6.07, 6.45) is 2.07. The minimum absolute atomic E-state index is 0.00508. The van der Waals surface area contributed by atoms with Crippen molar-refractivity contribution in [2.75, 3.05) is 20.3 Å². The molecule has 108 valence electrons. The number of oxime groups is 1. The predicted molar refractivity (Wildman–Crippen MR) is 74.9 cm³/mol. The fraction of sp³-hybridized carbons (Fsp3) is 0.429. The zero-order chi connectivity index (χ0) is 14.5. The number of nitrogens with two attached hydrogens (primary N) is 1. The Bertz CT molecular complexity index is 512. The highest BCUT2D eigenvalue weighted by Crippen LogP contribution is 2.28. The Morgan fingerprint density at radius 3 is 2.80 bits per heavy atom. The molecule has 2 rings (SSSR count). The SMILES string of the molecule is COCCN(C(=O)c1cccc(C(N)=NO)c1)C1CC1. The number of ether oxygens (including phenoxy) is 1. The lowest BCUT2D eigenvalue weighted by molar-refractivity contribution is 0.0680. The quantitative estimate of drug-likeness (QED) is 0.352. The van der Waals surface area contributed by atoms with Gasteiger partial charge in [0.25, 0.3) is 5.91 Å². The number of carbonyl (C=O) groups excluding carboxylic acids is 1. The van der Waals surface area contributed by atoms with Crippen molar-refractivity contribution >= 4 is 11.7 Å². The number of methoxy groups -OCH3 is 1. The molecule has 20 heavy (non-hydrogen) atoms. The van der Waals surface area contributed by atoms with Gasteiger partial charge in [-0.15, -0.1) is 0 Å². The number of nitrogens with zero attached hydrogens (tertiary/aromatic N) is 2. The Hall–Kier alpha value is -2.08. The van der Waals surface area contributed by atoms with E-state index in [4.69, 9.17) is 15.7 Å². The van der Waals surface area contributed by atoms with Gasteiger partial charge in [-0.1, -0.05) is 17.3 Å². The van der Waals surface area contributed by atoms with Crippen LogP contribution in [0.4, 0.5) is 0 Å². The van der Waals surface area contributed by atoms with Gasteiger partial charge in [-0.05, 0) is 25.0 Å². The number of amidine groups is 1. The highest BCUT2D eigenvalue weighted by molar-refractivity contribution is 6.01. The first-order valence-corrected chi connectivity index (χ1v) is 6.55. The molecule has 1 saturated carbocycles.